The van der Waals surface area contributed by atoms with E-state index < -0.39 is 0 Å². The first-order valence-corrected chi connectivity index (χ1v) is 6.89. The first-order chi connectivity index (χ1) is 10.1. The van der Waals surface area contributed by atoms with Gasteiger partial charge in [-0.3, -0.25) is 4.98 Å². The highest BCUT2D eigenvalue weighted by molar-refractivity contribution is 5.98. The first-order valence-electron chi connectivity index (χ1n) is 6.89. The number of benzene rings is 1. The van der Waals surface area contributed by atoms with E-state index in [1.807, 2.05) is 38.2 Å². The molecule has 0 saturated heterocycles. The molecule has 1 unspecified atom stereocenters. The van der Waals surface area contributed by atoms with Crippen LogP contribution in [-0.4, -0.2) is 10.1 Å². The number of nitrogens with one attached hydrogen (secondary N) is 1. The Morgan fingerprint density at radius 1 is 1.24 bits per heavy atom. The molecule has 0 spiro atoms. The number of rotatable bonds is 3. The fourth-order valence-electron chi connectivity index (χ4n) is 2.73. The molecule has 3 aromatic rings. The predicted molar refractivity (Wildman–Crippen MR) is 84.2 cm³/mol. The van der Waals surface area contributed by atoms with Crippen LogP contribution >= 0.6 is 0 Å². The summed E-state index contributed by atoms with van der Waals surface area (Å²) in [5.74, 6) is 0.830. The van der Waals surface area contributed by atoms with Crippen LogP contribution in [0.3, 0.4) is 0 Å². The molecular formula is C16H18N4O. The number of fused-ring (bicyclic) bond motifs is 1. The van der Waals surface area contributed by atoms with Crippen molar-refractivity contribution in [1.29, 1.82) is 0 Å². The summed E-state index contributed by atoms with van der Waals surface area (Å²) in [7, 11) is 0. The molecule has 0 fully saturated rings. The maximum Gasteiger partial charge on any atom is 0.139 e. The summed E-state index contributed by atoms with van der Waals surface area (Å²) >= 11 is 0. The molecule has 5 nitrogen and oxygen atoms in total. The summed E-state index contributed by atoms with van der Waals surface area (Å²) in [5.41, 5.74) is 9.87. The lowest BCUT2D eigenvalue weighted by atomic mass is 10.1. The van der Waals surface area contributed by atoms with Crippen molar-refractivity contribution in [3.63, 3.8) is 0 Å². The first kappa shape index (κ1) is 13.4. The van der Waals surface area contributed by atoms with Gasteiger partial charge in [0.25, 0.3) is 0 Å². The molecule has 2 aromatic heterocycles. The third-order valence-electron chi connectivity index (χ3n) is 3.76. The molecule has 3 rings (SSSR count). The van der Waals surface area contributed by atoms with Crippen molar-refractivity contribution in [2.45, 2.75) is 26.8 Å². The zero-order chi connectivity index (χ0) is 15.0. The molecule has 5 heteroatoms. The minimum atomic E-state index is 0.0674. The normalized spacial score (nSPS) is 12.5. The Kier molecular flexibility index (Phi) is 3.25. The molecule has 2 heterocycles. The van der Waals surface area contributed by atoms with Gasteiger partial charge in [0.1, 0.15) is 5.76 Å². The van der Waals surface area contributed by atoms with Gasteiger partial charge in [0.2, 0.25) is 0 Å². The Labute approximate surface area is 123 Å². The van der Waals surface area contributed by atoms with E-state index in [1.165, 1.54) is 0 Å². The summed E-state index contributed by atoms with van der Waals surface area (Å²) < 4.78 is 5.23. The van der Waals surface area contributed by atoms with Crippen molar-refractivity contribution in [1.82, 2.24) is 10.1 Å². The third-order valence-corrected chi connectivity index (χ3v) is 3.76. The summed E-state index contributed by atoms with van der Waals surface area (Å²) in [6.45, 7) is 5.94. The molecular weight excluding hydrogens is 264 g/mol. The molecule has 0 radical (unpaired) electrons. The largest absolute Gasteiger partial charge is 0.397 e. The van der Waals surface area contributed by atoms with E-state index in [0.717, 1.165) is 39.2 Å². The minimum Gasteiger partial charge on any atom is -0.397 e. The van der Waals surface area contributed by atoms with Gasteiger partial charge in [-0.05, 0) is 32.9 Å². The average Bonchev–Trinajstić information content (AvgIpc) is 2.81. The van der Waals surface area contributed by atoms with Crippen LogP contribution in [0.4, 0.5) is 11.4 Å². The molecule has 0 aliphatic carbocycles. The van der Waals surface area contributed by atoms with E-state index in [2.05, 4.69) is 22.4 Å². The number of aryl methyl sites for hydroxylation is 2. The van der Waals surface area contributed by atoms with Crippen LogP contribution < -0.4 is 11.1 Å². The zero-order valence-corrected chi connectivity index (χ0v) is 12.3. The van der Waals surface area contributed by atoms with Crippen molar-refractivity contribution in [2.24, 2.45) is 0 Å². The van der Waals surface area contributed by atoms with Crippen molar-refractivity contribution < 1.29 is 4.52 Å². The fourth-order valence-corrected chi connectivity index (χ4v) is 2.73. The maximum absolute atomic E-state index is 6.27. The lowest BCUT2D eigenvalue weighted by Gasteiger charge is -2.17. The molecule has 3 N–H and O–H groups in total. The van der Waals surface area contributed by atoms with Gasteiger partial charge in [0.05, 0.1) is 23.1 Å². The molecule has 108 valence electrons. The average molecular weight is 282 g/mol. The van der Waals surface area contributed by atoms with Crippen LogP contribution in [0.1, 0.15) is 30.0 Å². The number of anilines is 2. The number of hydrogen-bond acceptors (Lipinski definition) is 5. The van der Waals surface area contributed by atoms with Crippen LogP contribution in [0.25, 0.3) is 10.8 Å². The van der Waals surface area contributed by atoms with Crippen molar-refractivity contribution in [3.05, 3.63) is 47.6 Å². The van der Waals surface area contributed by atoms with Gasteiger partial charge in [0.15, 0.2) is 0 Å². The number of pyridine rings is 1. The van der Waals surface area contributed by atoms with E-state index in [4.69, 9.17) is 10.3 Å². The van der Waals surface area contributed by atoms with Crippen LogP contribution in [0.2, 0.25) is 0 Å². The zero-order valence-electron chi connectivity index (χ0n) is 12.3. The molecule has 1 aromatic carbocycles. The van der Waals surface area contributed by atoms with Gasteiger partial charge < -0.3 is 15.6 Å². The smallest absolute Gasteiger partial charge is 0.139 e. The Morgan fingerprint density at radius 3 is 2.76 bits per heavy atom. The molecule has 0 bridgehead atoms. The van der Waals surface area contributed by atoms with E-state index in [-0.39, 0.29) is 6.04 Å². The number of hydrogen-bond donors (Lipinski definition) is 2. The van der Waals surface area contributed by atoms with Crippen molar-refractivity contribution in [3.8, 4) is 0 Å². The summed E-state index contributed by atoms with van der Waals surface area (Å²) in [5, 5.41) is 9.47. The molecule has 0 amide bonds. The Morgan fingerprint density at radius 2 is 2.05 bits per heavy atom. The van der Waals surface area contributed by atoms with E-state index in [0.29, 0.717) is 0 Å². The standard InChI is InChI=1S/C16H18N4O/c1-9(15-10(2)20-21-11(15)3)19-14-5-4-12-8-18-7-6-13(12)16(14)17/h4-9,19H,17H2,1-3H3. The molecule has 1 atom stereocenters. The Balaban J connectivity index is 1.97. The summed E-state index contributed by atoms with van der Waals surface area (Å²) in [6, 6.07) is 5.99. The van der Waals surface area contributed by atoms with Crippen LogP contribution in [0.5, 0.6) is 0 Å². The summed E-state index contributed by atoms with van der Waals surface area (Å²) in [6.07, 6.45) is 3.56. The van der Waals surface area contributed by atoms with Gasteiger partial charge in [-0.25, -0.2) is 0 Å². The number of nitrogen functional groups attached to an aromatic ring is 1. The predicted octanol–water partition coefficient (Wildman–Crippen LogP) is 3.59. The monoisotopic (exact) mass is 282 g/mol. The van der Waals surface area contributed by atoms with Gasteiger partial charge >= 0.3 is 0 Å². The minimum absolute atomic E-state index is 0.0674. The van der Waals surface area contributed by atoms with Gasteiger partial charge in [-0.1, -0.05) is 11.2 Å². The topological polar surface area (TPSA) is 77.0 Å². The highest BCUT2D eigenvalue weighted by atomic mass is 16.5. The molecule has 0 saturated carbocycles. The highest BCUT2D eigenvalue weighted by Gasteiger charge is 2.17. The van der Waals surface area contributed by atoms with Gasteiger partial charge in [-0.15, -0.1) is 0 Å². The molecule has 0 aliphatic heterocycles. The lowest BCUT2D eigenvalue weighted by molar-refractivity contribution is 0.392. The maximum atomic E-state index is 6.27. The van der Waals surface area contributed by atoms with Crippen molar-refractivity contribution in [2.75, 3.05) is 11.1 Å². The lowest BCUT2D eigenvalue weighted by Crippen LogP contribution is -2.10. The molecule has 21 heavy (non-hydrogen) atoms. The van der Waals surface area contributed by atoms with E-state index >= 15 is 0 Å². The van der Waals surface area contributed by atoms with E-state index in [9.17, 15) is 0 Å². The fraction of sp³-hybridized carbons (Fsp3) is 0.250. The molecule has 0 aliphatic rings. The number of nitrogens with two attached hydrogens (primary N) is 1. The Hall–Kier alpha value is -2.56. The van der Waals surface area contributed by atoms with Crippen LogP contribution in [0, 0.1) is 13.8 Å². The quantitative estimate of drug-likeness (QED) is 0.718. The Bertz CT molecular complexity index is 775. The third kappa shape index (κ3) is 2.31. The van der Waals surface area contributed by atoms with Crippen molar-refractivity contribution >= 4 is 22.1 Å². The van der Waals surface area contributed by atoms with Crippen LogP contribution in [0.15, 0.2) is 35.1 Å². The van der Waals surface area contributed by atoms with Gasteiger partial charge in [0, 0.05) is 28.7 Å². The van der Waals surface area contributed by atoms with Crippen LogP contribution in [-0.2, 0) is 0 Å². The second-order valence-corrected chi connectivity index (χ2v) is 5.23. The SMILES string of the molecule is Cc1noc(C)c1C(C)Nc1ccc2cnccc2c1N. The number of nitrogens with zero attached hydrogens (tertiary/aromatic N) is 2. The van der Waals surface area contributed by atoms with E-state index in [1.54, 1.807) is 6.20 Å². The second kappa shape index (κ2) is 5.09. The summed E-state index contributed by atoms with van der Waals surface area (Å²) in [4.78, 5) is 4.11. The van der Waals surface area contributed by atoms with Gasteiger partial charge in [-0.2, -0.15) is 0 Å². The second-order valence-electron chi connectivity index (χ2n) is 5.23. The highest BCUT2D eigenvalue weighted by Crippen LogP contribution is 2.32. The number of aromatic nitrogens is 2.